The molecule has 1 unspecified atom stereocenters. The van der Waals surface area contributed by atoms with Crippen LogP contribution in [0.2, 0.25) is 0 Å². The van der Waals surface area contributed by atoms with E-state index in [1.807, 2.05) is 42.5 Å². The topological polar surface area (TPSA) is 92.5 Å². The van der Waals surface area contributed by atoms with Crippen LogP contribution in [-0.2, 0) is 7.05 Å². The number of ketones is 1. The minimum Gasteiger partial charge on any atom is -0.290 e. The Morgan fingerprint density at radius 2 is 1.71 bits per heavy atom. The average molecular weight is 373 g/mol. The third-order valence-corrected chi connectivity index (χ3v) is 4.58. The van der Waals surface area contributed by atoms with Gasteiger partial charge in [0, 0.05) is 12.6 Å². The summed E-state index contributed by atoms with van der Waals surface area (Å²) in [6.45, 7) is 3.53. The van der Waals surface area contributed by atoms with Crippen molar-refractivity contribution in [2.75, 3.05) is 0 Å². The van der Waals surface area contributed by atoms with Gasteiger partial charge in [0.05, 0.1) is 17.5 Å². The van der Waals surface area contributed by atoms with Crippen LogP contribution in [0.4, 0.5) is 5.69 Å². The first-order valence-corrected chi connectivity index (χ1v) is 8.70. The van der Waals surface area contributed by atoms with E-state index in [1.54, 1.807) is 43.8 Å². The second-order valence-electron chi connectivity index (χ2n) is 6.34. The Balaban J connectivity index is 1.98. The molecule has 3 rings (SSSR count). The zero-order valence-electron chi connectivity index (χ0n) is 15.8. The Kier molecular flexibility index (Phi) is 5.32. The van der Waals surface area contributed by atoms with Crippen LogP contribution >= 0.6 is 0 Å². The van der Waals surface area contributed by atoms with Gasteiger partial charge in [-0.15, -0.1) is 5.11 Å². The molecule has 7 heteroatoms. The molecule has 0 bridgehead atoms. The largest absolute Gasteiger partial charge is 0.299 e. The molecule has 0 N–H and O–H groups in total. The van der Waals surface area contributed by atoms with Crippen molar-refractivity contribution in [1.82, 2.24) is 9.36 Å². The summed E-state index contributed by atoms with van der Waals surface area (Å²) in [6.07, 6.45) is 0. The van der Waals surface area contributed by atoms with Crippen molar-refractivity contribution in [1.29, 1.82) is 5.26 Å². The molecule has 0 aliphatic heterocycles. The lowest BCUT2D eigenvalue weighted by molar-refractivity contribution is 0.0978. The summed E-state index contributed by atoms with van der Waals surface area (Å²) in [7, 11) is 1.74. The maximum atomic E-state index is 12.8. The van der Waals surface area contributed by atoms with Crippen LogP contribution in [0, 0.1) is 25.2 Å². The van der Waals surface area contributed by atoms with Crippen molar-refractivity contribution < 1.29 is 4.79 Å². The van der Waals surface area contributed by atoms with E-state index in [-0.39, 0.29) is 11.2 Å². The maximum absolute atomic E-state index is 12.8. The monoisotopic (exact) mass is 373 g/mol. The van der Waals surface area contributed by atoms with E-state index in [0.717, 1.165) is 5.56 Å². The number of nitriles is 1. The van der Waals surface area contributed by atoms with Gasteiger partial charge in [-0.3, -0.25) is 14.3 Å². The molecule has 0 aliphatic carbocycles. The van der Waals surface area contributed by atoms with Crippen LogP contribution in [0.3, 0.4) is 0 Å². The van der Waals surface area contributed by atoms with Crippen LogP contribution in [0.15, 0.2) is 69.6 Å². The van der Waals surface area contributed by atoms with E-state index >= 15 is 0 Å². The molecule has 3 aromatic rings. The molecule has 1 aromatic heterocycles. The Morgan fingerprint density at radius 1 is 1.07 bits per heavy atom. The standard InChI is InChI=1S/C21H19N5O2/c1-14-9-7-8-12-17(14)20(27)18(13-22)23-24-19-15(2)25(3)26(21(19)28)16-10-5-4-6-11-16/h4-12,18H,1-3H3. The average Bonchev–Trinajstić information content (AvgIpc) is 2.92. The summed E-state index contributed by atoms with van der Waals surface area (Å²) in [5.74, 6) is -0.443. The summed E-state index contributed by atoms with van der Waals surface area (Å²) >= 11 is 0. The molecule has 0 aliphatic rings. The number of nitrogens with zero attached hydrogens (tertiary/aromatic N) is 5. The highest BCUT2D eigenvalue weighted by atomic mass is 16.1. The zero-order chi connectivity index (χ0) is 20.3. The van der Waals surface area contributed by atoms with Gasteiger partial charge in [-0.2, -0.15) is 10.4 Å². The van der Waals surface area contributed by atoms with Crippen molar-refractivity contribution in [2.24, 2.45) is 17.3 Å². The highest BCUT2D eigenvalue weighted by Gasteiger charge is 2.22. The van der Waals surface area contributed by atoms with E-state index in [0.29, 0.717) is 16.9 Å². The molecule has 1 atom stereocenters. The van der Waals surface area contributed by atoms with Gasteiger partial charge in [0.25, 0.3) is 5.56 Å². The summed E-state index contributed by atoms with van der Waals surface area (Å²) < 4.78 is 3.13. The molecule has 28 heavy (non-hydrogen) atoms. The van der Waals surface area contributed by atoms with E-state index < -0.39 is 11.8 Å². The minimum absolute atomic E-state index is 0.101. The van der Waals surface area contributed by atoms with Gasteiger partial charge in [0.1, 0.15) is 0 Å². The van der Waals surface area contributed by atoms with Crippen molar-refractivity contribution in [2.45, 2.75) is 19.9 Å². The van der Waals surface area contributed by atoms with E-state index in [2.05, 4.69) is 10.2 Å². The highest BCUT2D eigenvalue weighted by molar-refractivity contribution is 6.03. The summed E-state index contributed by atoms with van der Waals surface area (Å²) in [6, 6.07) is 16.7. The van der Waals surface area contributed by atoms with Crippen molar-refractivity contribution >= 4 is 11.5 Å². The van der Waals surface area contributed by atoms with Gasteiger partial charge in [-0.05, 0) is 31.5 Å². The number of Topliss-reactive ketones (excluding diaryl/α,β-unsaturated/α-hetero) is 1. The van der Waals surface area contributed by atoms with Gasteiger partial charge >= 0.3 is 0 Å². The van der Waals surface area contributed by atoms with Crippen molar-refractivity contribution in [3.8, 4) is 11.8 Å². The number of carbonyl (C=O) groups is 1. The molecule has 2 aromatic carbocycles. The maximum Gasteiger partial charge on any atom is 0.299 e. The molecular weight excluding hydrogens is 354 g/mol. The van der Waals surface area contributed by atoms with Crippen LogP contribution in [0.5, 0.6) is 0 Å². The number of aryl methyl sites for hydroxylation is 1. The third-order valence-electron chi connectivity index (χ3n) is 4.58. The summed E-state index contributed by atoms with van der Waals surface area (Å²) in [5, 5.41) is 17.3. The Hall–Kier alpha value is -3.79. The fourth-order valence-corrected chi connectivity index (χ4v) is 2.92. The molecule has 0 spiro atoms. The van der Waals surface area contributed by atoms with Gasteiger partial charge < -0.3 is 0 Å². The second kappa shape index (κ2) is 7.84. The Labute approximate surface area is 162 Å². The first kappa shape index (κ1) is 19.0. The van der Waals surface area contributed by atoms with Gasteiger partial charge in [0.2, 0.25) is 11.8 Å². The van der Waals surface area contributed by atoms with Gasteiger partial charge in [-0.25, -0.2) is 4.68 Å². The van der Waals surface area contributed by atoms with E-state index in [9.17, 15) is 14.9 Å². The molecular formula is C21H19N5O2. The number of benzene rings is 2. The normalized spacial score (nSPS) is 12.1. The van der Waals surface area contributed by atoms with Crippen LogP contribution < -0.4 is 5.56 Å². The zero-order valence-corrected chi connectivity index (χ0v) is 15.8. The third kappa shape index (κ3) is 3.40. The second-order valence-corrected chi connectivity index (χ2v) is 6.34. The van der Waals surface area contributed by atoms with E-state index in [1.165, 1.54) is 4.68 Å². The molecule has 7 nitrogen and oxygen atoms in total. The van der Waals surface area contributed by atoms with Crippen LogP contribution in [-0.4, -0.2) is 21.2 Å². The molecule has 0 radical (unpaired) electrons. The number of para-hydroxylation sites is 1. The lowest BCUT2D eigenvalue weighted by Gasteiger charge is -2.07. The fraction of sp³-hybridized carbons (Fsp3) is 0.190. The quantitative estimate of drug-likeness (QED) is 0.505. The molecule has 1 heterocycles. The summed E-state index contributed by atoms with van der Waals surface area (Å²) in [4.78, 5) is 25.4. The number of hydrogen-bond acceptors (Lipinski definition) is 5. The lowest BCUT2D eigenvalue weighted by atomic mass is 10.0. The number of rotatable bonds is 5. The smallest absolute Gasteiger partial charge is 0.290 e. The molecule has 140 valence electrons. The van der Waals surface area contributed by atoms with Gasteiger partial charge in [-0.1, -0.05) is 42.5 Å². The van der Waals surface area contributed by atoms with Crippen LogP contribution in [0.25, 0.3) is 5.69 Å². The predicted octanol–water partition coefficient (Wildman–Crippen LogP) is 3.65. The Bertz CT molecular complexity index is 1150. The predicted molar refractivity (Wildman–Crippen MR) is 105 cm³/mol. The van der Waals surface area contributed by atoms with Crippen molar-refractivity contribution in [3.63, 3.8) is 0 Å². The molecule has 0 saturated heterocycles. The lowest BCUT2D eigenvalue weighted by Crippen LogP contribution is -2.19. The molecule has 0 amide bonds. The minimum atomic E-state index is -1.31. The number of azo groups is 1. The summed E-state index contributed by atoms with van der Waals surface area (Å²) in [5.41, 5.74) is 2.17. The molecule has 0 saturated carbocycles. The van der Waals surface area contributed by atoms with E-state index in [4.69, 9.17) is 0 Å². The highest BCUT2D eigenvalue weighted by Crippen LogP contribution is 2.18. The first-order chi connectivity index (χ1) is 13.5. The Morgan fingerprint density at radius 3 is 2.36 bits per heavy atom. The molecule has 0 fully saturated rings. The number of aromatic nitrogens is 2. The SMILES string of the molecule is Cc1ccccc1C(=O)C(C#N)N=Nc1c(C)n(C)n(-c2ccccc2)c1=O. The van der Waals surface area contributed by atoms with Crippen molar-refractivity contribution in [3.05, 3.63) is 81.8 Å². The number of carbonyl (C=O) groups excluding carboxylic acids is 1. The van der Waals surface area contributed by atoms with Crippen LogP contribution in [0.1, 0.15) is 21.6 Å². The number of hydrogen-bond donors (Lipinski definition) is 0. The van der Waals surface area contributed by atoms with Gasteiger partial charge in [0.15, 0.2) is 5.69 Å². The first-order valence-electron chi connectivity index (χ1n) is 8.70. The fourth-order valence-electron chi connectivity index (χ4n) is 2.92.